The molecule has 4 rings (SSSR count). The lowest BCUT2D eigenvalue weighted by molar-refractivity contribution is -0.122. The summed E-state index contributed by atoms with van der Waals surface area (Å²) in [7, 11) is 0. The summed E-state index contributed by atoms with van der Waals surface area (Å²) >= 11 is 0. The van der Waals surface area contributed by atoms with Gasteiger partial charge in [0.2, 0.25) is 0 Å². The van der Waals surface area contributed by atoms with E-state index < -0.39 is 5.60 Å². The number of aliphatic hydroxyl groups is 1. The van der Waals surface area contributed by atoms with Gasteiger partial charge in [-0.15, -0.1) is 0 Å². The summed E-state index contributed by atoms with van der Waals surface area (Å²) in [5, 5.41) is 11.5. The van der Waals surface area contributed by atoms with Gasteiger partial charge < -0.3 is 10.0 Å². The normalized spacial score (nSPS) is 26.7. The van der Waals surface area contributed by atoms with Crippen molar-refractivity contribution < 1.29 is 5.11 Å². The van der Waals surface area contributed by atoms with Crippen LogP contribution >= 0.6 is 0 Å². The predicted molar refractivity (Wildman–Crippen MR) is 131 cm³/mol. The summed E-state index contributed by atoms with van der Waals surface area (Å²) in [5.74, 6) is 0.319. The Morgan fingerprint density at radius 1 is 1.00 bits per heavy atom. The van der Waals surface area contributed by atoms with E-state index in [0.29, 0.717) is 5.92 Å². The number of anilines is 1. The lowest BCUT2D eigenvalue weighted by Gasteiger charge is -2.52. The van der Waals surface area contributed by atoms with Gasteiger partial charge in [-0.1, -0.05) is 67.5 Å². The fraction of sp³-hybridized carbons (Fsp3) is 0.500. The van der Waals surface area contributed by atoms with Gasteiger partial charge in [0.1, 0.15) is 0 Å². The lowest BCUT2D eigenvalue weighted by atomic mass is 9.66. The molecule has 1 aliphatic heterocycles. The number of nitrogens with zero attached hydrogens (tertiary/aromatic N) is 2. The Labute approximate surface area is 188 Å². The second-order valence-electron chi connectivity index (χ2n) is 9.22. The molecule has 0 unspecified atom stereocenters. The van der Waals surface area contributed by atoms with Crippen LogP contribution < -0.4 is 4.90 Å². The quantitative estimate of drug-likeness (QED) is 0.605. The molecule has 2 fully saturated rings. The van der Waals surface area contributed by atoms with E-state index in [0.717, 1.165) is 51.9 Å². The Bertz CT molecular complexity index is 843. The Kier molecular flexibility index (Phi) is 7.14. The van der Waals surface area contributed by atoms with Crippen molar-refractivity contribution in [2.45, 2.75) is 57.6 Å². The van der Waals surface area contributed by atoms with Gasteiger partial charge in [0, 0.05) is 43.8 Å². The summed E-state index contributed by atoms with van der Waals surface area (Å²) in [5.41, 5.74) is 3.39. The first-order valence-corrected chi connectivity index (χ1v) is 12.2. The zero-order chi connectivity index (χ0) is 21.7. The van der Waals surface area contributed by atoms with E-state index in [1.54, 1.807) is 0 Å². The molecule has 1 saturated heterocycles. The minimum absolute atomic E-state index is 0.283. The molecule has 1 N–H and O–H groups in total. The van der Waals surface area contributed by atoms with Crippen LogP contribution in [0, 0.1) is 5.92 Å². The summed E-state index contributed by atoms with van der Waals surface area (Å²) in [6, 6.07) is 20.0. The van der Waals surface area contributed by atoms with Gasteiger partial charge in [0.25, 0.3) is 0 Å². The number of fused-ring (bicyclic) bond motifs is 1. The molecule has 3 atom stereocenters. The van der Waals surface area contributed by atoms with E-state index in [1.807, 2.05) is 0 Å². The molecular weight excluding hydrogens is 380 g/mol. The fourth-order valence-corrected chi connectivity index (χ4v) is 5.75. The summed E-state index contributed by atoms with van der Waals surface area (Å²) in [4.78, 5) is 4.98. The molecule has 1 saturated carbocycles. The van der Waals surface area contributed by atoms with Gasteiger partial charge in [-0.2, -0.15) is 0 Å². The van der Waals surface area contributed by atoms with Crippen LogP contribution in [0.5, 0.6) is 0 Å². The average Bonchev–Trinajstić information content (AvgIpc) is 2.81. The zero-order valence-electron chi connectivity index (χ0n) is 19.2. The third-order valence-electron chi connectivity index (χ3n) is 7.48. The predicted octanol–water partition coefficient (Wildman–Crippen LogP) is 5.91. The summed E-state index contributed by atoms with van der Waals surface area (Å²) in [6.45, 7) is 8.34. The molecule has 0 radical (unpaired) electrons. The van der Waals surface area contributed by atoms with E-state index in [4.69, 9.17) is 0 Å². The lowest BCUT2D eigenvalue weighted by Crippen LogP contribution is -2.54. The third-order valence-corrected chi connectivity index (χ3v) is 7.48. The number of piperidine rings is 1. The van der Waals surface area contributed by atoms with Crippen molar-refractivity contribution in [3.63, 3.8) is 0 Å². The highest BCUT2D eigenvalue weighted by Gasteiger charge is 2.48. The van der Waals surface area contributed by atoms with E-state index in [2.05, 4.69) is 90.4 Å². The topological polar surface area (TPSA) is 26.7 Å². The van der Waals surface area contributed by atoms with Crippen LogP contribution in [0.3, 0.4) is 0 Å². The number of hydrogen-bond donors (Lipinski definition) is 1. The largest absolute Gasteiger partial charge is 0.389 e. The van der Waals surface area contributed by atoms with Gasteiger partial charge >= 0.3 is 0 Å². The molecule has 1 aliphatic carbocycles. The van der Waals surface area contributed by atoms with Crippen molar-refractivity contribution in [2.24, 2.45) is 5.92 Å². The van der Waals surface area contributed by atoms with Crippen LogP contribution in [-0.2, 0) is 0 Å². The smallest absolute Gasteiger partial charge is 0.0706 e. The molecule has 0 amide bonds. The van der Waals surface area contributed by atoms with Gasteiger partial charge in [-0.3, -0.25) is 4.90 Å². The third kappa shape index (κ3) is 4.88. The average molecular weight is 419 g/mol. The Morgan fingerprint density at radius 3 is 2.45 bits per heavy atom. The first-order valence-electron chi connectivity index (χ1n) is 12.2. The van der Waals surface area contributed by atoms with Crippen molar-refractivity contribution in [3.05, 3.63) is 71.8 Å². The molecule has 2 aromatic rings. The first-order chi connectivity index (χ1) is 15.1. The highest BCUT2D eigenvalue weighted by atomic mass is 16.3. The molecule has 0 bridgehead atoms. The molecule has 2 aromatic carbocycles. The van der Waals surface area contributed by atoms with Crippen LogP contribution in [0.4, 0.5) is 5.69 Å². The van der Waals surface area contributed by atoms with Gasteiger partial charge in [-0.25, -0.2) is 0 Å². The maximum atomic E-state index is 11.5. The Hall–Kier alpha value is -2.10. The van der Waals surface area contributed by atoms with Crippen molar-refractivity contribution in [2.75, 3.05) is 31.1 Å². The Morgan fingerprint density at radius 2 is 1.74 bits per heavy atom. The van der Waals surface area contributed by atoms with Crippen LogP contribution in [-0.4, -0.2) is 41.8 Å². The molecule has 166 valence electrons. The minimum atomic E-state index is -0.500. The Balaban J connectivity index is 1.59. The van der Waals surface area contributed by atoms with Crippen molar-refractivity contribution in [3.8, 4) is 0 Å². The fourth-order valence-electron chi connectivity index (χ4n) is 5.75. The number of likely N-dealkylation sites (tertiary alicyclic amines) is 1. The summed E-state index contributed by atoms with van der Waals surface area (Å²) < 4.78 is 0. The van der Waals surface area contributed by atoms with E-state index in [1.165, 1.54) is 23.2 Å². The molecule has 0 spiro atoms. The second kappa shape index (κ2) is 10.0. The number of hydrogen-bond acceptors (Lipinski definition) is 3. The van der Waals surface area contributed by atoms with E-state index in [-0.39, 0.29) is 6.04 Å². The van der Waals surface area contributed by atoms with Gasteiger partial charge in [0.15, 0.2) is 0 Å². The highest BCUT2D eigenvalue weighted by Crippen LogP contribution is 2.49. The molecular formula is C28H38N2O. The van der Waals surface area contributed by atoms with Gasteiger partial charge in [0.05, 0.1) is 5.60 Å². The monoisotopic (exact) mass is 418 g/mol. The SMILES string of the molecule is CCN(CC)c1ccc([C@H]2[C@H]3CCCC[C@]3(O)CCN2CC=Cc2ccccc2)cc1. The van der Waals surface area contributed by atoms with E-state index >= 15 is 0 Å². The van der Waals surface area contributed by atoms with Crippen molar-refractivity contribution in [1.82, 2.24) is 4.90 Å². The zero-order valence-corrected chi connectivity index (χ0v) is 19.2. The van der Waals surface area contributed by atoms with Crippen LogP contribution in [0.1, 0.15) is 63.1 Å². The molecule has 0 aromatic heterocycles. The standard InChI is InChI=1S/C28H38N2O/c1-3-29(4-2)25-17-15-24(16-18-25)27-26-14-8-9-19-28(26,31)20-22-30(27)21-10-13-23-11-6-5-7-12-23/h5-7,10-13,15-18,26-27,31H,3-4,8-9,14,19-22H2,1-2H3/t26-,27+,28+/m1/s1. The maximum Gasteiger partial charge on any atom is 0.0706 e. The maximum absolute atomic E-state index is 11.5. The van der Waals surface area contributed by atoms with Crippen LogP contribution in [0.15, 0.2) is 60.7 Å². The van der Waals surface area contributed by atoms with E-state index in [9.17, 15) is 5.11 Å². The van der Waals surface area contributed by atoms with Crippen LogP contribution in [0.2, 0.25) is 0 Å². The molecule has 3 nitrogen and oxygen atoms in total. The van der Waals surface area contributed by atoms with Crippen LogP contribution in [0.25, 0.3) is 6.08 Å². The number of benzene rings is 2. The molecule has 1 heterocycles. The number of rotatable bonds is 7. The van der Waals surface area contributed by atoms with Crippen molar-refractivity contribution in [1.29, 1.82) is 0 Å². The summed E-state index contributed by atoms with van der Waals surface area (Å²) in [6.07, 6.45) is 9.88. The molecule has 31 heavy (non-hydrogen) atoms. The van der Waals surface area contributed by atoms with Gasteiger partial charge in [-0.05, 0) is 56.4 Å². The molecule has 3 heteroatoms. The highest BCUT2D eigenvalue weighted by molar-refractivity contribution is 5.49. The van der Waals surface area contributed by atoms with Crippen molar-refractivity contribution >= 4 is 11.8 Å². The first kappa shape index (κ1) is 22.1. The molecule has 2 aliphatic rings. The second-order valence-corrected chi connectivity index (χ2v) is 9.22. The minimum Gasteiger partial charge on any atom is -0.389 e.